The highest BCUT2D eigenvalue weighted by Crippen LogP contribution is 1.85. The Hall–Kier alpha value is -0.920. The van der Waals surface area contributed by atoms with Crippen LogP contribution in [0.4, 0.5) is 0 Å². The normalized spacial score (nSPS) is 9.50. The van der Waals surface area contributed by atoms with E-state index in [1.54, 1.807) is 0 Å². The van der Waals surface area contributed by atoms with Gasteiger partial charge in [-0.15, -0.1) is 0 Å². The van der Waals surface area contributed by atoms with Gasteiger partial charge in [0.25, 0.3) is 0 Å². The highest BCUT2D eigenvalue weighted by Gasteiger charge is 2.01. The Balaban J connectivity index is 0. The fourth-order valence-electron chi connectivity index (χ4n) is 0.0680. The van der Waals surface area contributed by atoms with Crippen molar-refractivity contribution in [3.63, 3.8) is 0 Å². The van der Waals surface area contributed by atoms with Crippen LogP contribution in [0.5, 0.6) is 0 Å². The highest BCUT2D eigenvalue weighted by molar-refractivity contribution is 7.81. The third kappa shape index (κ3) is 11.8. The molecule has 7 heteroatoms. The first-order chi connectivity index (χ1) is 5.39. The maximum Gasteiger partial charge on any atom is 0.399 e. The maximum atomic E-state index is 9.92. The summed E-state index contributed by atoms with van der Waals surface area (Å²) in [5.41, 5.74) is 4.53. The molecule has 1 amide bonds. The third-order valence-corrected chi connectivity index (χ3v) is 1.43. The average molecular weight is 197 g/mol. The van der Waals surface area contributed by atoms with Gasteiger partial charge in [-0.1, -0.05) is 6.58 Å². The zero-order chi connectivity index (χ0) is 10.2. The number of rotatable bonds is 3. The van der Waals surface area contributed by atoms with E-state index in [0.29, 0.717) is 0 Å². The molecule has 2 N–H and O–H groups in total. The minimum Gasteiger partial charge on any atom is -0.366 e. The van der Waals surface area contributed by atoms with E-state index < -0.39 is 16.3 Å². The van der Waals surface area contributed by atoms with Gasteiger partial charge in [-0.2, -0.15) is 8.42 Å². The van der Waals surface area contributed by atoms with Crippen molar-refractivity contribution in [3.05, 3.63) is 12.7 Å². The summed E-state index contributed by atoms with van der Waals surface area (Å²) in [4.78, 5) is 9.47. The molecular weight excluding hydrogens is 186 g/mol. The van der Waals surface area contributed by atoms with Gasteiger partial charge in [0, 0.05) is 0 Å². The SMILES string of the molecule is C=CC(N)=O.COS(=O)(=O)OC. The van der Waals surface area contributed by atoms with Crippen LogP contribution >= 0.6 is 0 Å². The van der Waals surface area contributed by atoms with Crippen molar-refractivity contribution in [2.45, 2.75) is 0 Å². The largest absolute Gasteiger partial charge is 0.399 e. The smallest absolute Gasteiger partial charge is 0.366 e. The van der Waals surface area contributed by atoms with Gasteiger partial charge in [0.1, 0.15) is 0 Å². The van der Waals surface area contributed by atoms with E-state index in [-0.39, 0.29) is 0 Å². The molecule has 0 fully saturated rings. The number of nitrogens with two attached hydrogens (primary N) is 1. The van der Waals surface area contributed by atoms with Crippen LogP contribution in [-0.2, 0) is 23.6 Å². The zero-order valence-electron chi connectivity index (χ0n) is 6.81. The molecule has 0 rings (SSSR count). The molecule has 0 saturated heterocycles. The molecule has 12 heavy (non-hydrogen) atoms. The topological polar surface area (TPSA) is 95.7 Å². The molecule has 0 unspecified atom stereocenters. The van der Waals surface area contributed by atoms with Crippen LogP contribution in [0.1, 0.15) is 0 Å². The van der Waals surface area contributed by atoms with Crippen LogP contribution in [0.3, 0.4) is 0 Å². The van der Waals surface area contributed by atoms with E-state index >= 15 is 0 Å². The summed E-state index contributed by atoms with van der Waals surface area (Å²) in [6.45, 7) is 3.09. The number of carbonyl (C=O) groups excluding carboxylic acids is 1. The number of hydrogen-bond donors (Lipinski definition) is 1. The first-order valence-electron chi connectivity index (χ1n) is 2.67. The summed E-state index contributed by atoms with van der Waals surface area (Å²) < 4.78 is 27.5. The number of hydrogen-bond acceptors (Lipinski definition) is 5. The van der Waals surface area contributed by atoms with E-state index in [9.17, 15) is 13.2 Å². The summed E-state index contributed by atoms with van der Waals surface area (Å²) in [5, 5.41) is 0. The standard InChI is InChI=1S/C3H5NO.C2H6O4S/c1-2-3(4)5;1-5-7(3,4)6-2/h2H,1H2,(H2,4,5);1-2H3. The molecule has 0 bridgehead atoms. The van der Waals surface area contributed by atoms with Gasteiger partial charge in [0.05, 0.1) is 14.2 Å². The van der Waals surface area contributed by atoms with Gasteiger partial charge >= 0.3 is 10.4 Å². The molecule has 0 aliphatic rings. The second kappa shape index (κ2) is 6.77. The Morgan fingerprint density at radius 3 is 1.67 bits per heavy atom. The Morgan fingerprint density at radius 2 is 1.67 bits per heavy atom. The minimum atomic E-state index is -3.66. The summed E-state index contributed by atoms with van der Waals surface area (Å²) in [6.07, 6.45) is 1.06. The summed E-state index contributed by atoms with van der Waals surface area (Å²) >= 11 is 0. The summed E-state index contributed by atoms with van der Waals surface area (Å²) in [6, 6.07) is 0. The van der Waals surface area contributed by atoms with E-state index in [1.165, 1.54) is 0 Å². The Bertz CT molecular complexity index is 222. The minimum absolute atomic E-state index is 0.481. The Labute approximate surface area is 71.3 Å². The van der Waals surface area contributed by atoms with Gasteiger partial charge in [-0.05, 0) is 6.08 Å². The van der Waals surface area contributed by atoms with Crippen molar-refractivity contribution in [1.29, 1.82) is 0 Å². The second-order valence-corrected chi connectivity index (χ2v) is 2.83. The van der Waals surface area contributed by atoms with Crippen LogP contribution in [0, 0.1) is 0 Å². The van der Waals surface area contributed by atoms with Gasteiger partial charge in [0.15, 0.2) is 0 Å². The lowest BCUT2D eigenvalue weighted by Crippen LogP contribution is -2.04. The van der Waals surface area contributed by atoms with Crippen molar-refractivity contribution >= 4 is 16.3 Å². The van der Waals surface area contributed by atoms with E-state index in [4.69, 9.17) is 0 Å². The molecule has 0 spiro atoms. The fraction of sp³-hybridized carbons (Fsp3) is 0.400. The Morgan fingerprint density at radius 1 is 1.42 bits per heavy atom. The van der Waals surface area contributed by atoms with Crippen LogP contribution in [0.2, 0.25) is 0 Å². The first kappa shape index (κ1) is 13.7. The lowest BCUT2D eigenvalue weighted by molar-refractivity contribution is -0.113. The molecule has 0 radical (unpaired) electrons. The van der Waals surface area contributed by atoms with Gasteiger partial charge in [-0.25, -0.2) is 0 Å². The maximum absolute atomic E-state index is 9.92. The molecule has 0 saturated carbocycles. The predicted molar refractivity (Wildman–Crippen MR) is 42.3 cm³/mol. The highest BCUT2D eigenvalue weighted by atomic mass is 32.3. The zero-order valence-corrected chi connectivity index (χ0v) is 7.63. The van der Waals surface area contributed by atoms with E-state index in [2.05, 4.69) is 20.7 Å². The molecule has 0 aliphatic carbocycles. The monoisotopic (exact) mass is 197 g/mol. The molecule has 0 heterocycles. The molecule has 0 aromatic carbocycles. The number of primary amides is 1. The van der Waals surface area contributed by atoms with Crippen LogP contribution in [-0.4, -0.2) is 28.5 Å². The Kier molecular flexibility index (Phi) is 7.70. The molecule has 6 nitrogen and oxygen atoms in total. The molecule has 0 aromatic heterocycles. The number of amides is 1. The van der Waals surface area contributed by atoms with Crippen molar-refractivity contribution in [3.8, 4) is 0 Å². The predicted octanol–water partition coefficient (Wildman–Crippen LogP) is -0.818. The third-order valence-electron chi connectivity index (χ3n) is 0.609. The molecule has 0 aromatic rings. The lowest BCUT2D eigenvalue weighted by atomic mass is 10.6. The average Bonchev–Trinajstić information content (AvgIpc) is 2.05. The summed E-state index contributed by atoms with van der Waals surface area (Å²) in [7, 11) is -1.60. The van der Waals surface area contributed by atoms with Crippen LogP contribution < -0.4 is 5.73 Å². The van der Waals surface area contributed by atoms with Crippen LogP contribution in [0.25, 0.3) is 0 Å². The second-order valence-electron chi connectivity index (χ2n) is 1.35. The van der Waals surface area contributed by atoms with Crippen molar-refractivity contribution in [1.82, 2.24) is 0 Å². The number of carbonyl (C=O) groups is 1. The summed E-state index contributed by atoms with van der Waals surface area (Å²) in [5.74, 6) is -0.481. The molecule has 72 valence electrons. The molecule has 0 atom stereocenters. The molecule has 0 aliphatic heterocycles. The van der Waals surface area contributed by atoms with Crippen LogP contribution in [0.15, 0.2) is 12.7 Å². The lowest BCUT2D eigenvalue weighted by Gasteiger charge is -1.91. The van der Waals surface area contributed by atoms with E-state index in [1.807, 2.05) is 0 Å². The van der Waals surface area contributed by atoms with E-state index in [0.717, 1.165) is 20.3 Å². The first-order valence-corrected chi connectivity index (χ1v) is 4.01. The fourth-order valence-corrected chi connectivity index (χ4v) is 0.204. The van der Waals surface area contributed by atoms with Gasteiger partial charge in [-0.3, -0.25) is 13.2 Å². The van der Waals surface area contributed by atoms with Crippen molar-refractivity contribution in [2.24, 2.45) is 5.73 Å². The van der Waals surface area contributed by atoms with Crippen molar-refractivity contribution < 1.29 is 21.6 Å². The van der Waals surface area contributed by atoms with Gasteiger partial charge < -0.3 is 5.73 Å². The quantitative estimate of drug-likeness (QED) is 0.596. The molecular formula is C5H11NO5S. The van der Waals surface area contributed by atoms with Gasteiger partial charge in [0.2, 0.25) is 5.91 Å². The van der Waals surface area contributed by atoms with Crippen molar-refractivity contribution in [2.75, 3.05) is 14.2 Å².